The molecule has 1 heterocycles. The predicted molar refractivity (Wildman–Crippen MR) is 78.6 cm³/mol. The Morgan fingerprint density at radius 2 is 1.90 bits per heavy atom. The first kappa shape index (κ1) is 14.5. The number of pyridine rings is 1. The van der Waals surface area contributed by atoms with Gasteiger partial charge in [0.1, 0.15) is 11.4 Å². The number of nitrogens with zero attached hydrogens (tertiary/aromatic N) is 1. The van der Waals surface area contributed by atoms with Crippen LogP contribution >= 0.6 is 15.9 Å². The van der Waals surface area contributed by atoms with Crippen LogP contribution in [-0.4, -0.2) is 21.2 Å². The number of benzene rings is 1. The highest BCUT2D eigenvalue weighted by Gasteiger charge is 2.11. The molecular formula is C14H13BrN2O3. The van der Waals surface area contributed by atoms with E-state index in [0.29, 0.717) is 16.8 Å². The van der Waals surface area contributed by atoms with E-state index >= 15 is 0 Å². The third kappa shape index (κ3) is 3.55. The number of anilines is 1. The average Bonchev–Trinajstić information content (AvgIpc) is 2.46. The quantitative estimate of drug-likeness (QED) is 0.781. The van der Waals surface area contributed by atoms with Crippen LogP contribution in [0.25, 0.3) is 0 Å². The molecule has 1 aromatic carbocycles. The number of hydrogen-bond donors (Lipinski definition) is 3. The van der Waals surface area contributed by atoms with Gasteiger partial charge in [0.2, 0.25) is 0 Å². The summed E-state index contributed by atoms with van der Waals surface area (Å²) in [6, 6.07) is 8.90. The normalized spacial score (nSPS) is 10.3. The van der Waals surface area contributed by atoms with Crippen molar-refractivity contribution in [2.24, 2.45) is 0 Å². The van der Waals surface area contributed by atoms with Crippen LogP contribution in [0.5, 0.6) is 0 Å². The molecule has 104 valence electrons. The molecule has 0 aliphatic rings. The SMILES string of the molecule is O=C(O)c1cc(Br)cnc1NCc1ccc(CO)cc1. The molecule has 0 unspecified atom stereocenters. The van der Waals surface area contributed by atoms with E-state index in [4.69, 9.17) is 10.2 Å². The first-order valence-corrected chi connectivity index (χ1v) is 6.71. The zero-order valence-corrected chi connectivity index (χ0v) is 12.1. The lowest BCUT2D eigenvalue weighted by atomic mass is 10.1. The van der Waals surface area contributed by atoms with Crippen LogP contribution in [0.4, 0.5) is 5.82 Å². The van der Waals surface area contributed by atoms with Gasteiger partial charge >= 0.3 is 5.97 Å². The van der Waals surface area contributed by atoms with Crippen LogP contribution < -0.4 is 5.32 Å². The van der Waals surface area contributed by atoms with Gasteiger partial charge < -0.3 is 15.5 Å². The van der Waals surface area contributed by atoms with Crippen molar-refractivity contribution in [3.05, 3.63) is 57.7 Å². The van der Waals surface area contributed by atoms with Crippen molar-refractivity contribution >= 4 is 27.7 Å². The molecule has 0 bridgehead atoms. The van der Waals surface area contributed by atoms with E-state index in [0.717, 1.165) is 11.1 Å². The van der Waals surface area contributed by atoms with Crippen molar-refractivity contribution in [3.63, 3.8) is 0 Å². The Labute approximate surface area is 124 Å². The van der Waals surface area contributed by atoms with Gasteiger partial charge in [0, 0.05) is 17.2 Å². The van der Waals surface area contributed by atoms with Crippen LogP contribution in [0.3, 0.4) is 0 Å². The van der Waals surface area contributed by atoms with Crippen molar-refractivity contribution in [1.29, 1.82) is 0 Å². The summed E-state index contributed by atoms with van der Waals surface area (Å²) >= 11 is 3.20. The van der Waals surface area contributed by atoms with E-state index in [2.05, 4.69) is 26.2 Å². The summed E-state index contributed by atoms with van der Waals surface area (Å²) in [5, 5.41) is 21.1. The minimum atomic E-state index is -1.03. The number of nitrogens with one attached hydrogen (secondary N) is 1. The molecule has 2 aromatic rings. The summed E-state index contributed by atoms with van der Waals surface area (Å²) in [4.78, 5) is 15.2. The number of rotatable bonds is 5. The molecule has 0 amide bonds. The highest BCUT2D eigenvalue weighted by atomic mass is 79.9. The molecule has 0 radical (unpaired) electrons. The van der Waals surface area contributed by atoms with E-state index in [-0.39, 0.29) is 12.2 Å². The molecule has 1 aromatic heterocycles. The van der Waals surface area contributed by atoms with Gasteiger partial charge in [0.05, 0.1) is 6.61 Å². The molecule has 0 spiro atoms. The van der Waals surface area contributed by atoms with Crippen molar-refractivity contribution in [2.75, 3.05) is 5.32 Å². The number of carboxylic acids is 1. The number of carbonyl (C=O) groups is 1. The largest absolute Gasteiger partial charge is 0.478 e. The van der Waals surface area contributed by atoms with Crippen molar-refractivity contribution in [1.82, 2.24) is 4.98 Å². The van der Waals surface area contributed by atoms with E-state index in [9.17, 15) is 4.79 Å². The molecule has 0 atom stereocenters. The Kier molecular flexibility index (Phi) is 4.70. The van der Waals surface area contributed by atoms with E-state index in [1.54, 1.807) is 6.20 Å². The monoisotopic (exact) mass is 336 g/mol. The van der Waals surface area contributed by atoms with E-state index in [1.807, 2.05) is 24.3 Å². The van der Waals surface area contributed by atoms with Crippen LogP contribution in [0.1, 0.15) is 21.5 Å². The molecule has 3 N–H and O–H groups in total. The third-order valence-electron chi connectivity index (χ3n) is 2.75. The Balaban J connectivity index is 2.12. The first-order chi connectivity index (χ1) is 9.60. The van der Waals surface area contributed by atoms with Crippen molar-refractivity contribution in [3.8, 4) is 0 Å². The van der Waals surface area contributed by atoms with Gasteiger partial charge in [-0.1, -0.05) is 24.3 Å². The lowest BCUT2D eigenvalue weighted by molar-refractivity contribution is 0.0697. The molecule has 5 nitrogen and oxygen atoms in total. The van der Waals surface area contributed by atoms with E-state index in [1.165, 1.54) is 6.07 Å². The molecule has 0 saturated carbocycles. The van der Waals surface area contributed by atoms with E-state index < -0.39 is 5.97 Å². The molecular weight excluding hydrogens is 324 g/mol. The molecule has 20 heavy (non-hydrogen) atoms. The molecule has 6 heteroatoms. The highest BCUT2D eigenvalue weighted by molar-refractivity contribution is 9.10. The zero-order chi connectivity index (χ0) is 14.5. The summed E-state index contributed by atoms with van der Waals surface area (Å²) in [5.41, 5.74) is 1.93. The summed E-state index contributed by atoms with van der Waals surface area (Å²) in [7, 11) is 0. The van der Waals surface area contributed by atoms with Crippen LogP contribution in [0, 0.1) is 0 Å². The smallest absolute Gasteiger partial charge is 0.339 e. The fourth-order valence-electron chi connectivity index (χ4n) is 1.69. The number of aliphatic hydroxyl groups excluding tert-OH is 1. The maximum atomic E-state index is 11.1. The Bertz CT molecular complexity index is 614. The van der Waals surface area contributed by atoms with Crippen molar-refractivity contribution < 1.29 is 15.0 Å². The summed E-state index contributed by atoms with van der Waals surface area (Å²) < 4.78 is 0.618. The minimum Gasteiger partial charge on any atom is -0.478 e. The van der Waals surface area contributed by atoms with Crippen LogP contribution in [-0.2, 0) is 13.2 Å². The fraction of sp³-hybridized carbons (Fsp3) is 0.143. The summed E-state index contributed by atoms with van der Waals surface area (Å²) in [5.74, 6) is -0.705. The Morgan fingerprint density at radius 3 is 2.50 bits per heavy atom. The second-order valence-electron chi connectivity index (χ2n) is 4.18. The van der Waals surface area contributed by atoms with Gasteiger partial charge in [0.15, 0.2) is 0 Å². The molecule has 0 fully saturated rings. The summed E-state index contributed by atoms with van der Waals surface area (Å²) in [6.07, 6.45) is 1.55. The molecule has 0 aliphatic carbocycles. The fourth-order valence-corrected chi connectivity index (χ4v) is 2.02. The third-order valence-corrected chi connectivity index (χ3v) is 3.18. The molecule has 2 rings (SSSR count). The van der Waals surface area contributed by atoms with Gasteiger partial charge in [-0.25, -0.2) is 9.78 Å². The Morgan fingerprint density at radius 1 is 1.25 bits per heavy atom. The number of hydrogen-bond acceptors (Lipinski definition) is 4. The lowest BCUT2D eigenvalue weighted by Crippen LogP contribution is -2.08. The number of aromatic nitrogens is 1. The van der Waals surface area contributed by atoms with Gasteiger partial charge in [0.25, 0.3) is 0 Å². The maximum Gasteiger partial charge on any atom is 0.339 e. The van der Waals surface area contributed by atoms with Crippen LogP contribution in [0.2, 0.25) is 0 Å². The second-order valence-corrected chi connectivity index (χ2v) is 5.10. The van der Waals surface area contributed by atoms with Gasteiger partial charge in [-0.3, -0.25) is 0 Å². The second kappa shape index (κ2) is 6.49. The summed E-state index contributed by atoms with van der Waals surface area (Å²) in [6.45, 7) is 0.464. The molecule has 0 aliphatic heterocycles. The number of aliphatic hydroxyl groups is 1. The minimum absolute atomic E-state index is 0.00510. The van der Waals surface area contributed by atoms with Gasteiger partial charge in [-0.15, -0.1) is 0 Å². The number of aromatic carboxylic acids is 1. The van der Waals surface area contributed by atoms with Crippen LogP contribution in [0.15, 0.2) is 41.0 Å². The Hall–Kier alpha value is -1.92. The topological polar surface area (TPSA) is 82.5 Å². The first-order valence-electron chi connectivity index (χ1n) is 5.91. The van der Waals surface area contributed by atoms with Gasteiger partial charge in [-0.05, 0) is 33.1 Å². The predicted octanol–water partition coefficient (Wildman–Crippen LogP) is 2.65. The highest BCUT2D eigenvalue weighted by Crippen LogP contribution is 2.18. The molecule has 0 saturated heterocycles. The number of halogens is 1. The van der Waals surface area contributed by atoms with Crippen molar-refractivity contribution in [2.45, 2.75) is 13.2 Å². The average molecular weight is 337 g/mol. The van der Waals surface area contributed by atoms with Gasteiger partial charge in [-0.2, -0.15) is 0 Å². The zero-order valence-electron chi connectivity index (χ0n) is 10.5. The standard InChI is InChI=1S/C14H13BrN2O3/c15-11-5-12(14(19)20)13(17-7-11)16-6-9-1-3-10(8-18)4-2-9/h1-5,7,18H,6,8H2,(H,16,17)(H,19,20). The number of carboxylic acid groups (broad SMARTS) is 1. The maximum absolute atomic E-state index is 11.1. The lowest BCUT2D eigenvalue weighted by Gasteiger charge is -2.09.